The molecule has 1 heterocycles. The highest BCUT2D eigenvalue weighted by molar-refractivity contribution is 6.29. The van der Waals surface area contributed by atoms with Gasteiger partial charge < -0.3 is 5.73 Å². The Morgan fingerprint density at radius 1 is 1.62 bits per heavy atom. The summed E-state index contributed by atoms with van der Waals surface area (Å²) in [5.74, 6) is 0. The van der Waals surface area contributed by atoms with Crippen molar-refractivity contribution in [1.82, 2.24) is 4.98 Å². The Hall–Kier alpha value is -1.62. The summed E-state index contributed by atoms with van der Waals surface area (Å²) in [5.41, 5.74) is 6.51. The molecule has 1 aliphatic rings. The van der Waals surface area contributed by atoms with E-state index in [-0.39, 0.29) is 5.70 Å². The van der Waals surface area contributed by atoms with E-state index < -0.39 is 10.3 Å². The molecule has 0 amide bonds. The third-order valence-electron chi connectivity index (χ3n) is 2.83. The summed E-state index contributed by atoms with van der Waals surface area (Å²) in [4.78, 5) is 13.8. The van der Waals surface area contributed by atoms with Crippen molar-refractivity contribution in [2.24, 2.45) is 5.73 Å². The lowest BCUT2D eigenvalue weighted by atomic mass is 9.94. The van der Waals surface area contributed by atoms with Crippen LogP contribution in [0.4, 0.5) is 0 Å². The molecule has 2 rings (SSSR count). The maximum atomic E-state index is 10.4. The van der Waals surface area contributed by atoms with Gasteiger partial charge in [0.25, 0.3) is 6.20 Å². The smallest absolute Gasteiger partial charge is 0.253 e. The van der Waals surface area contributed by atoms with E-state index in [1.165, 1.54) is 0 Å². The average molecular weight is 240 g/mol. The molecule has 0 aliphatic heterocycles. The lowest BCUT2D eigenvalue weighted by Crippen LogP contribution is -2.19. The average Bonchev–Trinajstić information content (AvgIpc) is 2.98. The number of allylic oxidation sites excluding steroid dienone is 1. The summed E-state index contributed by atoms with van der Waals surface area (Å²) in [6.45, 7) is 0. The summed E-state index contributed by atoms with van der Waals surface area (Å²) in [5, 5.41) is 10.8. The zero-order valence-electron chi connectivity index (χ0n) is 8.39. The lowest BCUT2D eigenvalue weighted by molar-refractivity contribution is -0.403. The summed E-state index contributed by atoms with van der Waals surface area (Å²) < 4.78 is 0. The minimum absolute atomic E-state index is 0.279. The first-order valence-electron chi connectivity index (χ1n) is 4.78. The van der Waals surface area contributed by atoms with E-state index in [9.17, 15) is 10.1 Å². The van der Waals surface area contributed by atoms with Gasteiger partial charge in [0.15, 0.2) is 0 Å². The molecular formula is C10H10ClN3O2. The van der Waals surface area contributed by atoms with Crippen LogP contribution in [-0.4, -0.2) is 9.91 Å². The molecule has 0 spiro atoms. The maximum absolute atomic E-state index is 10.4. The molecule has 0 saturated heterocycles. The first-order chi connectivity index (χ1) is 7.54. The van der Waals surface area contributed by atoms with Crippen molar-refractivity contribution < 1.29 is 4.92 Å². The van der Waals surface area contributed by atoms with E-state index in [2.05, 4.69) is 4.98 Å². The van der Waals surface area contributed by atoms with Crippen LogP contribution < -0.4 is 5.73 Å². The van der Waals surface area contributed by atoms with Gasteiger partial charge in [-0.05, 0) is 24.5 Å². The van der Waals surface area contributed by atoms with Crippen LogP contribution in [0.3, 0.4) is 0 Å². The fourth-order valence-electron chi connectivity index (χ4n) is 1.77. The van der Waals surface area contributed by atoms with E-state index in [0.29, 0.717) is 5.15 Å². The monoisotopic (exact) mass is 239 g/mol. The van der Waals surface area contributed by atoms with Crippen LogP contribution in [0.5, 0.6) is 0 Å². The number of pyridine rings is 1. The van der Waals surface area contributed by atoms with Crippen molar-refractivity contribution in [2.45, 2.75) is 18.3 Å². The first-order valence-corrected chi connectivity index (χ1v) is 5.16. The van der Waals surface area contributed by atoms with Gasteiger partial charge in [0.2, 0.25) is 0 Å². The van der Waals surface area contributed by atoms with E-state index >= 15 is 0 Å². The van der Waals surface area contributed by atoms with Crippen LogP contribution in [0.25, 0.3) is 0 Å². The van der Waals surface area contributed by atoms with Crippen molar-refractivity contribution in [3.63, 3.8) is 0 Å². The van der Waals surface area contributed by atoms with E-state index in [1.807, 2.05) is 6.07 Å². The van der Waals surface area contributed by atoms with Crippen molar-refractivity contribution in [3.05, 3.63) is 51.1 Å². The molecule has 0 unspecified atom stereocenters. The number of hydrogen-bond acceptors (Lipinski definition) is 4. The van der Waals surface area contributed by atoms with Gasteiger partial charge in [-0.15, -0.1) is 0 Å². The molecule has 0 radical (unpaired) electrons. The normalized spacial score (nSPS) is 18.2. The van der Waals surface area contributed by atoms with Gasteiger partial charge >= 0.3 is 0 Å². The second kappa shape index (κ2) is 3.75. The molecule has 6 heteroatoms. The minimum atomic E-state index is -0.529. The molecule has 2 N–H and O–H groups in total. The third-order valence-corrected chi connectivity index (χ3v) is 3.05. The van der Waals surface area contributed by atoms with Crippen molar-refractivity contribution >= 4 is 11.6 Å². The Morgan fingerprint density at radius 2 is 2.31 bits per heavy atom. The Labute approximate surface area is 97.1 Å². The second-order valence-electron chi connectivity index (χ2n) is 3.82. The van der Waals surface area contributed by atoms with Crippen LogP contribution in [0.15, 0.2) is 30.2 Å². The molecule has 5 nitrogen and oxygen atoms in total. The van der Waals surface area contributed by atoms with E-state index in [0.717, 1.165) is 24.6 Å². The quantitative estimate of drug-likeness (QED) is 0.496. The highest BCUT2D eigenvalue weighted by Gasteiger charge is 2.48. The minimum Gasteiger partial charge on any atom is -0.396 e. The molecule has 0 aromatic carbocycles. The molecule has 1 fully saturated rings. The van der Waals surface area contributed by atoms with Crippen molar-refractivity contribution in [1.29, 1.82) is 0 Å². The van der Waals surface area contributed by atoms with E-state index in [4.69, 9.17) is 17.3 Å². The number of nitrogens with zero attached hydrogens (tertiary/aromatic N) is 2. The maximum Gasteiger partial charge on any atom is 0.253 e. The Bertz CT molecular complexity index is 452. The third kappa shape index (κ3) is 1.86. The van der Waals surface area contributed by atoms with Gasteiger partial charge in [-0.25, -0.2) is 4.98 Å². The van der Waals surface area contributed by atoms with E-state index in [1.54, 1.807) is 12.3 Å². The molecule has 0 atom stereocenters. The van der Waals surface area contributed by atoms with Crippen LogP contribution in [-0.2, 0) is 5.41 Å². The zero-order chi connectivity index (χ0) is 11.8. The van der Waals surface area contributed by atoms with Gasteiger partial charge in [-0.1, -0.05) is 17.7 Å². The van der Waals surface area contributed by atoms with Gasteiger partial charge in [0.05, 0.1) is 10.6 Å². The zero-order valence-corrected chi connectivity index (χ0v) is 9.15. The number of nitrogens with two attached hydrogens (primary N) is 1. The van der Waals surface area contributed by atoms with Gasteiger partial charge in [-0.2, -0.15) is 0 Å². The number of halogens is 1. The molecular weight excluding hydrogens is 230 g/mol. The molecule has 0 bridgehead atoms. The largest absolute Gasteiger partial charge is 0.396 e. The summed E-state index contributed by atoms with van der Waals surface area (Å²) in [7, 11) is 0. The van der Waals surface area contributed by atoms with Crippen molar-refractivity contribution in [2.75, 3.05) is 0 Å². The summed E-state index contributed by atoms with van der Waals surface area (Å²) in [6, 6.07) is 3.47. The molecule has 1 aromatic rings. The molecule has 1 aromatic heterocycles. The molecule has 1 saturated carbocycles. The summed E-state index contributed by atoms with van der Waals surface area (Å²) >= 11 is 5.68. The number of aromatic nitrogens is 1. The number of rotatable bonds is 3. The van der Waals surface area contributed by atoms with Gasteiger partial charge in [0, 0.05) is 11.6 Å². The second-order valence-corrected chi connectivity index (χ2v) is 4.21. The van der Waals surface area contributed by atoms with Crippen LogP contribution >= 0.6 is 11.6 Å². The van der Waals surface area contributed by atoms with Gasteiger partial charge in [-0.3, -0.25) is 10.1 Å². The van der Waals surface area contributed by atoms with Crippen LogP contribution in [0.1, 0.15) is 18.4 Å². The first kappa shape index (κ1) is 10.9. The Balaban J connectivity index is 2.33. The lowest BCUT2D eigenvalue weighted by Gasteiger charge is -2.13. The predicted octanol–water partition coefficient (Wildman–Crippen LogP) is 1.84. The van der Waals surface area contributed by atoms with Gasteiger partial charge in [0.1, 0.15) is 5.15 Å². The highest BCUT2D eigenvalue weighted by Crippen LogP contribution is 2.51. The SMILES string of the molecule is NC(=C[N+](=O)[O-])C1(c2ccc(Cl)nc2)CC1. The Morgan fingerprint density at radius 3 is 2.75 bits per heavy atom. The summed E-state index contributed by atoms with van der Waals surface area (Å²) in [6.07, 6.45) is 4.11. The predicted molar refractivity (Wildman–Crippen MR) is 59.4 cm³/mol. The number of nitro groups is 1. The Kier molecular flexibility index (Phi) is 2.55. The van der Waals surface area contributed by atoms with Crippen LogP contribution in [0.2, 0.25) is 5.15 Å². The molecule has 16 heavy (non-hydrogen) atoms. The highest BCUT2D eigenvalue weighted by atomic mass is 35.5. The standard InChI is InChI=1S/C10H10ClN3O2/c11-9-2-1-7(5-13-9)10(3-4-10)8(12)6-14(15)16/h1-2,5-6H,3-4,12H2. The van der Waals surface area contributed by atoms with Crippen LogP contribution in [0, 0.1) is 10.1 Å². The fourth-order valence-corrected chi connectivity index (χ4v) is 1.88. The number of hydrogen-bond donors (Lipinski definition) is 1. The topological polar surface area (TPSA) is 82.0 Å². The molecule has 1 aliphatic carbocycles. The van der Waals surface area contributed by atoms with Crippen molar-refractivity contribution in [3.8, 4) is 0 Å². The fraction of sp³-hybridized carbons (Fsp3) is 0.300. The molecule has 84 valence electrons.